The van der Waals surface area contributed by atoms with Gasteiger partial charge < -0.3 is 0 Å². The van der Waals surface area contributed by atoms with E-state index in [1.807, 2.05) is 6.08 Å². The lowest BCUT2D eigenvalue weighted by Gasteiger charge is -2.43. The highest BCUT2D eigenvalue weighted by atomic mass is 15.2. The van der Waals surface area contributed by atoms with Gasteiger partial charge in [-0.1, -0.05) is 36.5 Å². The minimum absolute atomic E-state index is 0.382. The van der Waals surface area contributed by atoms with Gasteiger partial charge >= 0.3 is 0 Å². The second kappa shape index (κ2) is 5.57. The Morgan fingerprint density at radius 1 is 1.48 bits per heavy atom. The van der Waals surface area contributed by atoms with Gasteiger partial charge in [0, 0.05) is 17.2 Å². The van der Waals surface area contributed by atoms with Crippen LogP contribution in [-0.4, -0.2) is 28.5 Å². The summed E-state index contributed by atoms with van der Waals surface area (Å²) in [5.74, 6) is 0.544. The molecule has 0 amide bonds. The number of allylic oxidation sites excluding steroid dienone is 2. The Morgan fingerprint density at radius 2 is 2.29 bits per heavy atom. The third-order valence-corrected chi connectivity index (χ3v) is 4.80. The average Bonchev–Trinajstić information content (AvgIpc) is 2.48. The van der Waals surface area contributed by atoms with Crippen molar-refractivity contribution < 1.29 is 0 Å². The van der Waals surface area contributed by atoms with E-state index in [2.05, 4.69) is 48.1 Å². The van der Waals surface area contributed by atoms with Crippen molar-refractivity contribution in [1.82, 2.24) is 14.9 Å². The Balaban J connectivity index is 2.09. The second-order valence-corrected chi connectivity index (χ2v) is 6.19. The van der Waals surface area contributed by atoms with E-state index < -0.39 is 0 Å². The van der Waals surface area contributed by atoms with E-state index in [1.54, 1.807) is 6.33 Å². The molecule has 0 bridgehead atoms. The smallest absolute Gasteiger partial charge is 0.116 e. The number of piperidine rings is 1. The van der Waals surface area contributed by atoms with E-state index >= 15 is 0 Å². The Hall–Kier alpha value is -1.74. The SMILES string of the molecule is C=CC(=C)CC1=Cc2c(C)ncnc2C2C1CCCN2C. The van der Waals surface area contributed by atoms with Crippen LogP contribution in [0.1, 0.15) is 42.3 Å². The third-order valence-electron chi connectivity index (χ3n) is 4.80. The minimum atomic E-state index is 0.382. The molecule has 0 radical (unpaired) electrons. The van der Waals surface area contributed by atoms with Crippen LogP contribution in [0.15, 0.2) is 36.7 Å². The van der Waals surface area contributed by atoms with Crippen LogP contribution in [0.5, 0.6) is 0 Å². The zero-order valence-electron chi connectivity index (χ0n) is 13.0. The standard InChI is InChI=1S/C18H23N3/c1-5-12(2)9-14-10-16-13(3)19-11-20-17(16)18-15(14)7-6-8-21(18)4/h5,10-11,15,18H,1-2,6-9H2,3-4H3. The molecule has 110 valence electrons. The minimum Gasteiger partial charge on any atom is -0.297 e. The van der Waals surface area contributed by atoms with E-state index in [0.29, 0.717) is 12.0 Å². The Morgan fingerprint density at radius 3 is 3.05 bits per heavy atom. The molecule has 0 aromatic carbocycles. The van der Waals surface area contributed by atoms with E-state index in [4.69, 9.17) is 0 Å². The number of aromatic nitrogens is 2. The predicted molar refractivity (Wildman–Crippen MR) is 86.8 cm³/mol. The normalized spacial score (nSPS) is 24.8. The Bertz CT molecular complexity index is 615. The summed E-state index contributed by atoms with van der Waals surface area (Å²) in [4.78, 5) is 11.4. The van der Waals surface area contributed by atoms with E-state index in [-0.39, 0.29) is 0 Å². The summed E-state index contributed by atoms with van der Waals surface area (Å²) in [6.45, 7) is 11.2. The van der Waals surface area contributed by atoms with Crippen molar-refractivity contribution in [3.63, 3.8) is 0 Å². The fourth-order valence-electron chi connectivity index (χ4n) is 3.68. The van der Waals surface area contributed by atoms with Crippen molar-refractivity contribution in [2.24, 2.45) is 5.92 Å². The molecule has 21 heavy (non-hydrogen) atoms. The molecule has 3 nitrogen and oxygen atoms in total. The summed E-state index contributed by atoms with van der Waals surface area (Å²) < 4.78 is 0. The topological polar surface area (TPSA) is 29.0 Å². The quantitative estimate of drug-likeness (QED) is 0.791. The highest BCUT2D eigenvalue weighted by molar-refractivity contribution is 5.62. The van der Waals surface area contributed by atoms with Crippen molar-refractivity contribution in [3.05, 3.63) is 53.7 Å². The summed E-state index contributed by atoms with van der Waals surface area (Å²) in [6, 6.07) is 0.382. The first kappa shape index (κ1) is 14.2. The van der Waals surface area contributed by atoms with Crippen LogP contribution >= 0.6 is 0 Å². The summed E-state index contributed by atoms with van der Waals surface area (Å²) >= 11 is 0. The van der Waals surface area contributed by atoms with Gasteiger partial charge in [0.15, 0.2) is 0 Å². The zero-order valence-corrected chi connectivity index (χ0v) is 13.0. The van der Waals surface area contributed by atoms with Gasteiger partial charge in [0.1, 0.15) is 6.33 Å². The number of aryl methyl sites for hydroxylation is 1. The van der Waals surface area contributed by atoms with Crippen LogP contribution in [-0.2, 0) is 0 Å². The highest BCUT2D eigenvalue weighted by Crippen LogP contribution is 2.46. The van der Waals surface area contributed by atoms with Crippen LogP contribution in [0, 0.1) is 12.8 Å². The first-order valence-electron chi connectivity index (χ1n) is 7.64. The molecular weight excluding hydrogens is 258 g/mol. The number of fused-ring (bicyclic) bond motifs is 3. The predicted octanol–water partition coefficient (Wildman–Crippen LogP) is 3.70. The lowest BCUT2D eigenvalue weighted by atomic mass is 9.74. The first-order chi connectivity index (χ1) is 10.1. The van der Waals surface area contributed by atoms with Gasteiger partial charge in [-0.15, -0.1) is 0 Å². The maximum atomic E-state index is 4.61. The lowest BCUT2D eigenvalue weighted by molar-refractivity contribution is 0.134. The largest absolute Gasteiger partial charge is 0.297 e. The molecule has 0 spiro atoms. The lowest BCUT2D eigenvalue weighted by Crippen LogP contribution is -2.39. The Labute approximate surface area is 127 Å². The van der Waals surface area contributed by atoms with Gasteiger partial charge in [0.05, 0.1) is 11.7 Å². The van der Waals surface area contributed by atoms with Crippen molar-refractivity contribution in [3.8, 4) is 0 Å². The summed E-state index contributed by atoms with van der Waals surface area (Å²) in [5.41, 5.74) is 6.02. The molecule has 1 aliphatic heterocycles. The molecule has 2 heterocycles. The average molecular weight is 281 g/mol. The molecule has 1 fully saturated rings. The van der Waals surface area contributed by atoms with E-state index in [0.717, 1.165) is 24.2 Å². The molecular formula is C18H23N3. The maximum absolute atomic E-state index is 4.61. The number of nitrogens with zero attached hydrogens (tertiary/aromatic N) is 3. The van der Waals surface area contributed by atoms with Crippen LogP contribution in [0.3, 0.4) is 0 Å². The first-order valence-corrected chi connectivity index (χ1v) is 7.64. The van der Waals surface area contributed by atoms with E-state index in [9.17, 15) is 0 Å². The molecule has 2 unspecified atom stereocenters. The van der Waals surface area contributed by atoms with Crippen LogP contribution in [0.4, 0.5) is 0 Å². The van der Waals surface area contributed by atoms with Crippen molar-refractivity contribution in [1.29, 1.82) is 0 Å². The van der Waals surface area contributed by atoms with Crippen molar-refractivity contribution in [2.75, 3.05) is 13.6 Å². The molecule has 0 saturated carbocycles. The van der Waals surface area contributed by atoms with Gasteiger partial charge in [0.2, 0.25) is 0 Å². The maximum Gasteiger partial charge on any atom is 0.116 e. The van der Waals surface area contributed by atoms with Crippen LogP contribution in [0.2, 0.25) is 0 Å². The number of rotatable bonds is 3. The van der Waals surface area contributed by atoms with Gasteiger partial charge in [-0.3, -0.25) is 4.90 Å². The monoisotopic (exact) mass is 281 g/mol. The van der Waals surface area contributed by atoms with Gasteiger partial charge in [0.25, 0.3) is 0 Å². The molecule has 1 aromatic rings. The molecule has 3 rings (SSSR count). The van der Waals surface area contributed by atoms with E-state index in [1.165, 1.54) is 29.7 Å². The molecule has 0 N–H and O–H groups in total. The molecule has 2 aliphatic rings. The Kier molecular flexibility index (Phi) is 3.77. The fraction of sp³-hybridized carbons (Fsp3) is 0.444. The van der Waals surface area contributed by atoms with Crippen LogP contribution < -0.4 is 0 Å². The highest BCUT2D eigenvalue weighted by Gasteiger charge is 2.38. The second-order valence-electron chi connectivity index (χ2n) is 6.19. The van der Waals surface area contributed by atoms with Gasteiger partial charge in [-0.25, -0.2) is 9.97 Å². The summed E-state index contributed by atoms with van der Waals surface area (Å²) in [6.07, 6.45) is 9.26. The molecule has 1 aliphatic carbocycles. The number of hydrogen-bond donors (Lipinski definition) is 0. The molecule has 3 heteroatoms. The van der Waals surface area contributed by atoms with Crippen LogP contribution in [0.25, 0.3) is 6.08 Å². The summed E-state index contributed by atoms with van der Waals surface area (Å²) in [7, 11) is 2.21. The van der Waals surface area contributed by atoms with Crippen molar-refractivity contribution >= 4 is 6.08 Å². The van der Waals surface area contributed by atoms with Gasteiger partial charge in [-0.2, -0.15) is 0 Å². The van der Waals surface area contributed by atoms with Gasteiger partial charge in [-0.05, 0) is 39.8 Å². The summed E-state index contributed by atoms with van der Waals surface area (Å²) in [5, 5.41) is 0. The fourth-order valence-corrected chi connectivity index (χ4v) is 3.68. The molecule has 1 saturated heterocycles. The molecule has 2 atom stereocenters. The van der Waals surface area contributed by atoms with Crippen molar-refractivity contribution in [2.45, 2.75) is 32.2 Å². The number of hydrogen-bond acceptors (Lipinski definition) is 3. The molecule has 1 aromatic heterocycles. The number of likely N-dealkylation sites (tertiary alicyclic amines) is 1. The zero-order chi connectivity index (χ0) is 15.0. The third kappa shape index (κ3) is 2.46.